The fourth-order valence-electron chi connectivity index (χ4n) is 1.97. The number of rotatable bonds is 1. The Kier molecular flexibility index (Phi) is 3.78. The van der Waals surface area contributed by atoms with Gasteiger partial charge in [0.1, 0.15) is 0 Å². The normalized spacial score (nSPS) is 11.9. The fourth-order valence-corrected chi connectivity index (χ4v) is 3.60. The molecule has 2 N–H and O–H groups in total. The van der Waals surface area contributed by atoms with E-state index in [4.69, 9.17) is 5.73 Å². The SMILES string of the molecule is Cc1cc(C(F)(F)F)cc(C)c1-c1nc(N)sc1I. The molecule has 0 fully saturated rings. The predicted molar refractivity (Wildman–Crippen MR) is 79.2 cm³/mol. The van der Waals surface area contributed by atoms with Crippen molar-refractivity contribution in [3.8, 4) is 11.3 Å². The Morgan fingerprint density at radius 1 is 1.21 bits per heavy atom. The molecule has 0 amide bonds. The molecule has 7 heteroatoms. The van der Waals surface area contributed by atoms with E-state index in [9.17, 15) is 13.2 Å². The highest BCUT2D eigenvalue weighted by molar-refractivity contribution is 14.1. The predicted octanol–water partition coefficient (Wildman–Crippen LogP) is 4.63. The van der Waals surface area contributed by atoms with Gasteiger partial charge in [-0.15, -0.1) is 0 Å². The third-order valence-corrected chi connectivity index (χ3v) is 4.54. The zero-order valence-corrected chi connectivity index (χ0v) is 13.1. The van der Waals surface area contributed by atoms with Gasteiger partial charge in [0.25, 0.3) is 0 Å². The van der Waals surface area contributed by atoms with Gasteiger partial charge in [-0.1, -0.05) is 11.3 Å². The monoisotopic (exact) mass is 398 g/mol. The summed E-state index contributed by atoms with van der Waals surface area (Å²) in [5.41, 5.74) is 7.49. The van der Waals surface area contributed by atoms with Crippen molar-refractivity contribution in [2.75, 3.05) is 5.73 Å². The lowest BCUT2D eigenvalue weighted by Crippen LogP contribution is -2.06. The van der Waals surface area contributed by atoms with Crippen molar-refractivity contribution in [2.45, 2.75) is 20.0 Å². The fraction of sp³-hybridized carbons (Fsp3) is 0.250. The summed E-state index contributed by atoms with van der Waals surface area (Å²) in [5.74, 6) is 0. The highest BCUT2D eigenvalue weighted by atomic mass is 127. The van der Waals surface area contributed by atoms with E-state index in [-0.39, 0.29) is 0 Å². The van der Waals surface area contributed by atoms with E-state index >= 15 is 0 Å². The number of nitrogens with two attached hydrogens (primary N) is 1. The first-order valence-corrected chi connectivity index (χ1v) is 7.20. The molecule has 2 rings (SSSR count). The molecule has 0 aliphatic rings. The molecule has 1 heterocycles. The van der Waals surface area contributed by atoms with Gasteiger partial charge in [0, 0.05) is 5.56 Å². The maximum Gasteiger partial charge on any atom is 0.416 e. The van der Waals surface area contributed by atoms with Gasteiger partial charge < -0.3 is 5.73 Å². The second-order valence-corrected chi connectivity index (χ2v) is 7.00. The number of thiazole rings is 1. The third kappa shape index (κ3) is 2.86. The second kappa shape index (κ2) is 4.93. The number of hydrogen-bond acceptors (Lipinski definition) is 3. The number of aryl methyl sites for hydroxylation is 2. The van der Waals surface area contributed by atoms with E-state index in [1.807, 2.05) is 0 Å². The maximum atomic E-state index is 12.7. The topological polar surface area (TPSA) is 38.9 Å². The number of hydrogen-bond donors (Lipinski definition) is 1. The van der Waals surface area contributed by atoms with Crippen LogP contribution in [-0.4, -0.2) is 4.98 Å². The number of anilines is 1. The van der Waals surface area contributed by atoms with E-state index in [1.54, 1.807) is 13.8 Å². The first-order valence-electron chi connectivity index (χ1n) is 5.30. The van der Waals surface area contributed by atoms with Crippen LogP contribution in [0, 0.1) is 16.7 Å². The van der Waals surface area contributed by atoms with Gasteiger partial charge in [-0.05, 0) is 59.7 Å². The number of aromatic nitrogens is 1. The van der Waals surface area contributed by atoms with Crippen molar-refractivity contribution < 1.29 is 13.2 Å². The standard InChI is InChI=1S/C12H10F3IN2S/c1-5-3-7(12(13,14)15)4-6(2)8(5)9-10(16)19-11(17)18-9/h3-4H,1-2H3,(H2,17,18). The Balaban J connectivity index is 2.64. The van der Waals surface area contributed by atoms with Crippen LogP contribution in [0.5, 0.6) is 0 Å². The number of nitrogen functional groups attached to an aromatic ring is 1. The summed E-state index contributed by atoms with van der Waals surface area (Å²) in [6, 6.07) is 2.29. The molecule has 0 saturated heterocycles. The minimum atomic E-state index is -4.33. The van der Waals surface area contributed by atoms with E-state index in [1.165, 1.54) is 11.3 Å². The van der Waals surface area contributed by atoms with Gasteiger partial charge in [-0.25, -0.2) is 4.98 Å². The first-order chi connectivity index (χ1) is 8.70. The summed E-state index contributed by atoms with van der Waals surface area (Å²) < 4.78 is 39.1. The lowest BCUT2D eigenvalue weighted by molar-refractivity contribution is -0.137. The zero-order valence-electron chi connectivity index (χ0n) is 10.1. The van der Waals surface area contributed by atoms with E-state index in [0.29, 0.717) is 22.0 Å². The number of nitrogens with zero attached hydrogens (tertiary/aromatic N) is 1. The summed E-state index contributed by atoms with van der Waals surface area (Å²) >= 11 is 3.42. The lowest BCUT2D eigenvalue weighted by atomic mass is 9.97. The Hall–Kier alpha value is -0.830. The molecule has 0 radical (unpaired) electrons. The van der Waals surface area contributed by atoms with Crippen LogP contribution in [0.3, 0.4) is 0 Å². The summed E-state index contributed by atoms with van der Waals surface area (Å²) in [7, 11) is 0. The average Bonchev–Trinajstić information content (AvgIpc) is 2.55. The molecule has 0 aliphatic carbocycles. The van der Waals surface area contributed by atoms with Crippen LogP contribution in [0.25, 0.3) is 11.3 Å². The van der Waals surface area contributed by atoms with Crippen molar-refractivity contribution in [3.63, 3.8) is 0 Å². The Labute approximate surface area is 126 Å². The van der Waals surface area contributed by atoms with Crippen molar-refractivity contribution in [1.29, 1.82) is 0 Å². The number of benzene rings is 1. The molecule has 0 saturated carbocycles. The molecular formula is C12H10F3IN2S. The Bertz CT molecular complexity index is 611. The average molecular weight is 398 g/mol. The Morgan fingerprint density at radius 2 is 1.74 bits per heavy atom. The molecule has 2 aromatic rings. The molecule has 0 spiro atoms. The van der Waals surface area contributed by atoms with E-state index in [2.05, 4.69) is 27.6 Å². The maximum absolute atomic E-state index is 12.7. The highest BCUT2D eigenvalue weighted by Gasteiger charge is 2.31. The van der Waals surface area contributed by atoms with Gasteiger partial charge >= 0.3 is 6.18 Å². The van der Waals surface area contributed by atoms with Gasteiger partial charge in [-0.2, -0.15) is 13.2 Å². The molecular weight excluding hydrogens is 388 g/mol. The molecule has 19 heavy (non-hydrogen) atoms. The van der Waals surface area contributed by atoms with Crippen molar-refractivity contribution in [1.82, 2.24) is 4.98 Å². The summed E-state index contributed by atoms with van der Waals surface area (Å²) in [4.78, 5) is 4.20. The quantitative estimate of drug-likeness (QED) is 0.712. The van der Waals surface area contributed by atoms with Crippen molar-refractivity contribution >= 4 is 39.1 Å². The second-order valence-electron chi connectivity index (χ2n) is 4.16. The molecule has 0 bridgehead atoms. The molecule has 1 aromatic carbocycles. The van der Waals surface area contributed by atoms with Crippen LogP contribution < -0.4 is 5.73 Å². The third-order valence-electron chi connectivity index (χ3n) is 2.70. The summed E-state index contributed by atoms with van der Waals surface area (Å²) in [6.45, 7) is 3.31. The zero-order chi connectivity index (χ0) is 14.4. The van der Waals surface area contributed by atoms with E-state index < -0.39 is 11.7 Å². The molecule has 1 aromatic heterocycles. The van der Waals surface area contributed by atoms with Crippen LogP contribution in [0.1, 0.15) is 16.7 Å². The molecule has 2 nitrogen and oxygen atoms in total. The minimum Gasteiger partial charge on any atom is -0.375 e. The molecule has 0 unspecified atom stereocenters. The van der Waals surface area contributed by atoms with Crippen LogP contribution >= 0.6 is 33.9 Å². The van der Waals surface area contributed by atoms with Crippen LogP contribution in [0.15, 0.2) is 12.1 Å². The molecule has 102 valence electrons. The Morgan fingerprint density at radius 3 is 2.11 bits per heavy atom. The molecule has 0 aliphatic heterocycles. The van der Waals surface area contributed by atoms with Gasteiger partial charge in [0.05, 0.1) is 14.1 Å². The summed E-state index contributed by atoms with van der Waals surface area (Å²) in [5, 5.41) is 0.415. The first kappa shape index (κ1) is 14.6. The minimum absolute atomic E-state index is 0.415. The van der Waals surface area contributed by atoms with Gasteiger partial charge in [-0.3, -0.25) is 0 Å². The van der Waals surface area contributed by atoms with Crippen LogP contribution in [0.4, 0.5) is 18.3 Å². The van der Waals surface area contributed by atoms with Crippen molar-refractivity contribution in [3.05, 3.63) is 31.7 Å². The number of alkyl halides is 3. The lowest BCUT2D eigenvalue weighted by Gasteiger charge is -2.13. The van der Waals surface area contributed by atoms with Gasteiger partial charge in [0.15, 0.2) is 5.13 Å². The smallest absolute Gasteiger partial charge is 0.375 e. The number of halogens is 4. The van der Waals surface area contributed by atoms with Crippen LogP contribution in [-0.2, 0) is 6.18 Å². The molecule has 0 atom stereocenters. The largest absolute Gasteiger partial charge is 0.416 e. The van der Waals surface area contributed by atoms with Gasteiger partial charge in [0.2, 0.25) is 0 Å². The van der Waals surface area contributed by atoms with Crippen LogP contribution in [0.2, 0.25) is 0 Å². The van der Waals surface area contributed by atoms with E-state index in [0.717, 1.165) is 20.6 Å². The van der Waals surface area contributed by atoms with Crippen molar-refractivity contribution in [2.24, 2.45) is 0 Å². The summed E-state index contributed by atoms with van der Waals surface area (Å²) in [6.07, 6.45) is -4.33. The highest BCUT2D eigenvalue weighted by Crippen LogP contribution is 2.38.